The Bertz CT molecular complexity index is 521. The molecule has 2 aliphatic heterocycles. The molecule has 4 nitrogen and oxygen atoms in total. The predicted molar refractivity (Wildman–Crippen MR) is 79.7 cm³/mol. The molecule has 0 aliphatic carbocycles. The highest BCUT2D eigenvalue weighted by Gasteiger charge is 2.34. The summed E-state index contributed by atoms with van der Waals surface area (Å²) < 4.78 is 11.4. The highest BCUT2D eigenvalue weighted by Crippen LogP contribution is 2.46. The number of likely N-dealkylation sites (tertiary alicyclic amines) is 1. The fraction of sp³-hybridized carbons (Fsp3) is 0.600. The molecule has 2 aliphatic rings. The Morgan fingerprint density at radius 2 is 2.15 bits per heavy atom. The number of halogens is 1. The van der Waals surface area contributed by atoms with Crippen molar-refractivity contribution in [3.05, 3.63) is 22.2 Å². The monoisotopic (exact) mass is 296 g/mol. The van der Waals surface area contributed by atoms with Crippen LogP contribution in [0.2, 0.25) is 5.02 Å². The lowest BCUT2D eigenvalue weighted by atomic mass is 9.95. The van der Waals surface area contributed by atoms with E-state index in [-0.39, 0.29) is 0 Å². The molecule has 5 heteroatoms. The first-order chi connectivity index (χ1) is 9.61. The highest BCUT2D eigenvalue weighted by molar-refractivity contribution is 6.31. The third-order valence-corrected chi connectivity index (χ3v) is 4.68. The smallest absolute Gasteiger partial charge is 0.164 e. The van der Waals surface area contributed by atoms with E-state index < -0.39 is 0 Å². The lowest BCUT2D eigenvalue weighted by molar-refractivity contribution is 0.169. The van der Waals surface area contributed by atoms with E-state index in [0.717, 1.165) is 47.2 Å². The predicted octanol–water partition coefficient (Wildman–Crippen LogP) is 2.37. The van der Waals surface area contributed by atoms with Crippen LogP contribution >= 0.6 is 11.6 Å². The van der Waals surface area contributed by atoms with Crippen LogP contribution in [0.1, 0.15) is 23.6 Å². The molecule has 2 N–H and O–H groups in total. The highest BCUT2D eigenvalue weighted by atomic mass is 35.5. The molecular weight excluding hydrogens is 276 g/mol. The lowest BCUT2D eigenvalue weighted by Crippen LogP contribution is -2.22. The SMILES string of the molecule is Cc1c2c(cc(Cl)c1C1CC(CN)CN1C)OCCO2. The summed E-state index contributed by atoms with van der Waals surface area (Å²) in [5.41, 5.74) is 8.08. The molecule has 0 aromatic heterocycles. The Morgan fingerprint density at radius 3 is 2.85 bits per heavy atom. The van der Waals surface area contributed by atoms with Crippen molar-refractivity contribution in [2.45, 2.75) is 19.4 Å². The van der Waals surface area contributed by atoms with Gasteiger partial charge in [0.2, 0.25) is 0 Å². The van der Waals surface area contributed by atoms with E-state index in [9.17, 15) is 0 Å². The van der Waals surface area contributed by atoms with E-state index >= 15 is 0 Å². The van der Waals surface area contributed by atoms with Gasteiger partial charge in [0.25, 0.3) is 0 Å². The van der Waals surface area contributed by atoms with Crippen LogP contribution in [0.5, 0.6) is 11.5 Å². The first-order valence-corrected chi connectivity index (χ1v) is 7.48. The van der Waals surface area contributed by atoms with Crippen molar-refractivity contribution in [3.8, 4) is 11.5 Å². The van der Waals surface area contributed by atoms with Crippen LogP contribution in [0.3, 0.4) is 0 Å². The van der Waals surface area contributed by atoms with Gasteiger partial charge in [0, 0.05) is 29.2 Å². The Balaban J connectivity index is 2.01. The van der Waals surface area contributed by atoms with Gasteiger partial charge in [-0.3, -0.25) is 4.90 Å². The summed E-state index contributed by atoms with van der Waals surface area (Å²) in [6.07, 6.45) is 1.05. The van der Waals surface area contributed by atoms with Gasteiger partial charge in [-0.2, -0.15) is 0 Å². The molecule has 20 heavy (non-hydrogen) atoms. The average molecular weight is 297 g/mol. The van der Waals surface area contributed by atoms with Crippen molar-refractivity contribution < 1.29 is 9.47 Å². The second-order valence-electron chi connectivity index (χ2n) is 5.71. The van der Waals surface area contributed by atoms with Gasteiger partial charge >= 0.3 is 0 Å². The van der Waals surface area contributed by atoms with Gasteiger partial charge in [0.1, 0.15) is 13.2 Å². The summed E-state index contributed by atoms with van der Waals surface area (Å²) in [5, 5.41) is 0.765. The maximum Gasteiger partial charge on any atom is 0.164 e. The van der Waals surface area contributed by atoms with E-state index in [2.05, 4.69) is 18.9 Å². The fourth-order valence-electron chi connectivity index (χ4n) is 3.35. The minimum Gasteiger partial charge on any atom is -0.486 e. The molecule has 1 fully saturated rings. The van der Waals surface area contributed by atoms with Crippen LogP contribution < -0.4 is 15.2 Å². The van der Waals surface area contributed by atoms with Gasteiger partial charge in [-0.1, -0.05) is 11.6 Å². The van der Waals surface area contributed by atoms with E-state index in [1.54, 1.807) is 0 Å². The number of benzene rings is 1. The van der Waals surface area contributed by atoms with Gasteiger partial charge in [-0.25, -0.2) is 0 Å². The molecule has 0 radical (unpaired) electrons. The molecule has 2 atom stereocenters. The van der Waals surface area contributed by atoms with Crippen LogP contribution in [0.4, 0.5) is 0 Å². The molecule has 2 heterocycles. The molecule has 1 aromatic rings. The van der Waals surface area contributed by atoms with Crippen molar-refractivity contribution >= 4 is 11.6 Å². The Morgan fingerprint density at radius 1 is 1.40 bits per heavy atom. The van der Waals surface area contributed by atoms with Gasteiger partial charge in [0.15, 0.2) is 11.5 Å². The number of hydrogen-bond donors (Lipinski definition) is 1. The van der Waals surface area contributed by atoms with Crippen LogP contribution in [0.15, 0.2) is 6.07 Å². The molecule has 0 bridgehead atoms. The van der Waals surface area contributed by atoms with Crippen molar-refractivity contribution in [2.75, 3.05) is 33.4 Å². The van der Waals surface area contributed by atoms with Crippen LogP contribution in [-0.4, -0.2) is 38.3 Å². The zero-order valence-corrected chi connectivity index (χ0v) is 12.7. The van der Waals surface area contributed by atoms with Crippen molar-refractivity contribution in [2.24, 2.45) is 11.7 Å². The van der Waals surface area contributed by atoms with Crippen molar-refractivity contribution in [3.63, 3.8) is 0 Å². The summed E-state index contributed by atoms with van der Waals surface area (Å²) in [5.74, 6) is 2.15. The van der Waals surface area contributed by atoms with Gasteiger partial charge < -0.3 is 15.2 Å². The second-order valence-corrected chi connectivity index (χ2v) is 6.12. The summed E-state index contributed by atoms with van der Waals surface area (Å²) in [6.45, 7) is 4.99. The number of nitrogens with zero attached hydrogens (tertiary/aromatic N) is 1. The average Bonchev–Trinajstić information content (AvgIpc) is 2.80. The molecule has 110 valence electrons. The summed E-state index contributed by atoms with van der Waals surface area (Å²) in [4.78, 5) is 2.34. The molecular formula is C15H21ClN2O2. The van der Waals surface area contributed by atoms with E-state index in [4.69, 9.17) is 26.8 Å². The number of nitrogens with two attached hydrogens (primary N) is 1. The number of fused-ring (bicyclic) bond motifs is 1. The third-order valence-electron chi connectivity index (χ3n) is 4.37. The third kappa shape index (κ3) is 2.26. The largest absolute Gasteiger partial charge is 0.486 e. The Kier molecular flexibility index (Phi) is 3.80. The van der Waals surface area contributed by atoms with E-state index in [0.29, 0.717) is 25.2 Å². The fourth-order valence-corrected chi connectivity index (χ4v) is 3.72. The summed E-state index contributed by atoms with van der Waals surface area (Å²) >= 11 is 6.51. The molecule has 1 aromatic carbocycles. The van der Waals surface area contributed by atoms with Crippen LogP contribution in [-0.2, 0) is 0 Å². The standard InChI is InChI=1S/C15H21ClN2O2/c1-9-14(12-5-10(7-17)8-18(12)2)11(16)6-13-15(9)20-4-3-19-13/h6,10,12H,3-5,7-8,17H2,1-2H3. The number of hydrogen-bond acceptors (Lipinski definition) is 4. The normalized spacial score (nSPS) is 26.0. The first kappa shape index (κ1) is 14.0. The zero-order chi connectivity index (χ0) is 14.3. The minimum atomic E-state index is 0.312. The molecule has 0 amide bonds. The van der Waals surface area contributed by atoms with Crippen LogP contribution in [0, 0.1) is 12.8 Å². The first-order valence-electron chi connectivity index (χ1n) is 7.10. The zero-order valence-electron chi connectivity index (χ0n) is 12.0. The van der Waals surface area contributed by atoms with Crippen molar-refractivity contribution in [1.82, 2.24) is 4.90 Å². The lowest BCUT2D eigenvalue weighted by Gasteiger charge is -2.27. The molecule has 0 spiro atoms. The topological polar surface area (TPSA) is 47.7 Å². The summed E-state index contributed by atoms with van der Waals surface area (Å²) in [7, 11) is 2.13. The van der Waals surface area contributed by atoms with Crippen molar-refractivity contribution in [1.29, 1.82) is 0 Å². The van der Waals surface area contributed by atoms with Crippen LogP contribution in [0.25, 0.3) is 0 Å². The van der Waals surface area contributed by atoms with E-state index in [1.165, 1.54) is 0 Å². The maximum absolute atomic E-state index is 6.51. The molecule has 0 saturated carbocycles. The Labute approximate surface area is 124 Å². The number of rotatable bonds is 2. The Hall–Kier alpha value is -0.970. The van der Waals surface area contributed by atoms with Gasteiger partial charge in [0.05, 0.1) is 0 Å². The molecule has 1 saturated heterocycles. The van der Waals surface area contributed by atoms with Gasteiger partial charge in [-0.15, -0.1) is 0 Å². The molecule has 2 unspecified atom stereocenters. The second kappa shape index (κ2) is 5.43. The van der Waals surface area contributed by atoms with Gasteiger partial charge in [-0.05, 0) is 38.4 Å². The summed E-state index contributed by atoms with van der Waals surface area (Å²) in [6, 6.07) is 2.20. The van der Waals surface area contributed by atoms with E-state index in [1.807, 2.05) is 6.07 Å². The quantitative estimate of drug-likeness (QED) is 0.910. The number of ether oxygens (including phenoxy) is 2. The minimum absolute atomic E-state index is 0.312. The maximum atomic E-state index is 6.51. The molecule has 3 rings (SSSR count).